The Morgan fingerprint density at radius 3 is 1.16 bits per heavy atom. The number of carbonyl (C=O) groups is 1. The molecule has 0 unspecified atom stereocenters. The maximum absolute atomic E-state index is 10.0. The normalized spacial score (nSPS) is 10.3. The molecule has 0 saturated heterocycles. The van der Waals surface area contributed by atoms with E-state index in [0.29, 0.717) is 0 Å². The smallest absolute Gasteiger partial charge is 0.155 e. The number of allylic oxidation sites excluding steroid dienone is 2. The number of para-hydroxylation sites is 2. The van der Waals surface area contributed by atoms with Crippen molar-refractivity contribution in [3.8, 4) is 112 Å². The molecule has 4 radical (unpaired) electrons. The topological polar surface area (TPSA) is 154 Å². The minimum absolute atomic E-state index is 0. The van der Waals surface area contributed by atoms with Crippen LogP contribution in [-0.2, 0) is 85.2 Å². The van der Waals surface area contributed by atoms with E-state index < -0.39 is 0 Å². The Morgan fingerprint density at radius 1 is 0.276 bits per heavy atom. The van der Waals surface area contributed by atoms with Gasteiger partial charge < -0.3 is 48.8 Å². The van der Waals surface area contributed by atoms with Crippen LogP contribution in [0.4, 0.5) is 0 Å². The first-order valence-electron chi connectivity index (χ1n) is 42.7. The molecule has 9 heterocycles. The van der Waals surface area contributed by atoms with Crippen molar-refractivity contribution in [2.45, 2.75) is 62.3 Å². The van der Waals surface area contributed by atoms with E-state index in [1.807, 2.05) is 275 Å². The summed E-state index contributed by atoms with van der Waals surface area (Å²) in [6.07, 6.45) is 14.2. The number of rotatable bonds is 11. The van der Waals surface area contributed by atoms with Crippen LogP contribution in [0, 0.1) is 90.9 Å². The van der Waals surface area contributed by atoms with Crippen molar-refractivity contribution in [2.75, 3.05) is 0 Å². The van der Waals surface area contributed by atoms with Gasteiger partial charge in [-0.3, -0.25) is 4.79 Å². The van der Waals surface area contributed by atoms with Crippen LogP contribution in [0.25, 0.3) is 156 Å². The standard InChI is InChI=1S/C24H16NO.C19H14NO.2C18H14N.2C12H10N.C11H8N.C5H8O2.4Ir/c1-16-9-11-17(12-10-16)18-13-14-25-22(15-18)21-7-4-6-20-19-5-2-3-8-23(19)26-24(20)21;1-12-10-17(20-11-13(12)2)16-8-5-7-15-14-6-3-4-9-18(14)21-19(15)16;1-14-12-18(16-10-6-3-7-11-16)19-13-17(14)15-8-4-2-5-9-15;1-14-10-11-19-18(12-14)17-9-5-8-16(13-17)15-6-3-2-4-7-15;2*1-10-7-8-12(13-9-10)11-5-3-2-4-6-11;1-2-6-10(7-3-1)11-8-4-5-9-12-11;1-4(6)3-5(2)7;;;;/h2-6,8-15H,1H3;3-7,9-11H,1-2H3;2-10,12-13H,1H3;2-8,10-13H,1H3;2*2-5,7-9H,1H3;1-6,8-9H;3,6H,1-2H3;;;;/q7*-1;;;;;. The minimum Gasteiger partial charge on any atom is -0.512 e. The molecule has 11 nitrogen and oxygen atoms in total. The first kappa shape index (κ1) is 102. The monoisotopic (exact) mass is 2460 g/mol. The van der Waals surface area contributed by atoms with Gasteiger partial charge in [-0.25, -0.2) is 0 Å². The molecule has 21 rings (SSSR count). The third-order valence-corrected chi connectivity index (χ3v) is 20.8. The molecule has 9 aromatic heterocycles. The van der Waals surface area contributed by atoms with Crippen LogP contribution in [-0.4, -0.2) is 45.8 Å². The number of nitrogens with zero attached hydrogens (tertiary/aromatic N) is 7. The fraction of sp³-hybridized carbons (Fsp3) is 0.0756. The van der Waals surface area contributed by atoms with Gasteiger partial charge in [-0.1, -0.05) is 221 Å². The SMILES string of the molecule is CC(=O)C=C(C)O.Cc1cc(-c2[c-]cccc2)ncc1-c1ccccc1.Cc1ccc(-c2[c-]cccc2)nc1.Cc1ccc(-c2[c-]cccc2)nc1.Cc1ccc(-c2ccnc(-c3[c-]ccc4c3oc3ccccc34)c2)cc1.Cc1ccnc(-c2[c-]ccc(-c3ccccc3)c2)c1.Cc1cnc(-c2[c-]ccc3c2oc2ccccc23)cc1C.[Ir].[Ir].[Ir].[Ir].[c-]1ccccc1-c1ccccn1. The molecule has 0 aliphatic heterocycles. The number of aryl methyl sites for hydroxylation is 7. The molecule has 134 heavy (non-hydrogen) atoms. The Labute approximate surface area is 839 Å². The molecule has 672 valence electrons. The number of fused-ring (bicyclic) bond motifs is 6. The number of aromatic nitrogens is 7. The fourth-order valence-electron chi connectivity index (χ4n) is 14.0. The largest absolute Gasteiger partial charge is 0.512 e. The first-order chi connectivity index (χ1) is 63.5. The molecular weight excluding hydrogens is 2360 g/mol. The second-order valence-electron chi connectivity index (χ2n) is 30.8. The summed E-state index contributed by atoms with van der Waals surface area (Å²) in [6.45, 7) is 17.4. The number of hydrogen-bond donors (Lipinski definition) is 1. The molecule has 0 aliphatic rings. The molecule has 0 atom stereocenters. The third kappa shape index (κ3) is 28.6. The molecule has 0 spiro atoms. The van der Waals surface area contributed by atoms with E-state index in [1.54, 1.807) is 6.20 Å². The zero-order valence-corrected chi connectivity index (χ0v) is 84.8. The van der Waals surface area contributed by atoms with Crippen LogP contribution in [0.15, 0.2) is 416 Å². The quantitative estimate of drug-likeness (QED) is 0.0748. The third-order valence-electron chi connectivity index (χ3n) is 20.8. The van der Waals surface area contributed by atoms with Gasteiger partial charge in [-0.2, -0.15) is 0 Å². The van der Waals surface area contributed by atoms with Crippen molar-refractivity contribution in [2.24, 2.45) is 0 Å². The number of aliphatic hydroxyl groups excluding tert-OH is 1. The number of ketones is 1. The van der Waals surface area contributed by atoms with Crippen molar-refractivity contribution in [3.05, 3.63) is 488 Å². The van der Waals surface area contributed by atoms with Crippen LogP contribution in [0.2, 0.25) is 0 Å². The van der Waals surface area contributed by atoms with Gasteiger partial charge in [-0.15, -0.1) is 215 Å². The molecule has 0 bridgehead atoms. The van der Waals surface area contributed by atoms with Crippen molar-refractivity contribution >= 4 is 49.7 Å². The van der Waals surface area contributed by atoms with Gasteiger partial charge in [0.25, 0.3) is 0 Å². The van der Waals surface area contributed by atoms with E-state index in [1.165, 1.54) is 86.7 Å². The average molecular weight is 2450 g/mol. The van der Waals surface area contributed by atoms with E-state index in [0.717, 1.165) is 128 Å². The van der Waals surface area contributed by atoms with Gasteiger partial charge in [-0.05, 0) is 177 Å². The van der Waals surface area contributed by atoms with Crippen molar-refractivity contribution in [3.63, 3.8) is 0 Å². The summed E-state index contributed by atoms with van der Waals surface area (Å²) in [5.74, 6) is -0.0625. The number of carbonyl (C=O) groups excluding carboxylic acids is 1. The molecule has 21 aromatic rings. The van der Waals surface area contributed by atoms with Crippen molar-refractivity contribution < 1.29 is 99.2 Å². The van der Waals surface area contributed by atoms with E-state index in [9.17, 15) is 4.79 Å². The summed E-state index contributed by atoms with van der Waals surface area (Å²) in [6, 6.07) is 140. The van der Waals surface area contributed by atoms with Crippen LogP contribution in [0.1, 0.15) is 52.8 Å². The molecule has 0 amide bonds. The fourth-order valence-corrected chi connectivity index (χ4v) is 14.0. The summed E-state index contributed by atoms with van der Waals surface area (Å²) in [7, 11) is 0. The van der Waals surface area contributed by atoms with Gasteiger partial charge in [0.2, 0.25) is 0 Å². The zero-order valence-electron chi connectivity index (χ0n) is 75.2. The number of hydrogen-bond acceptors (Lipinski definition) is 11. The summed E-state index contributed by atoms with van der Waals surface area (Å²) in [4.78, 5) is 41.0. The van der Waals surface area contributed by atoms with Crippen molar-refractivity contribution in [1.82, 2.24) is 34.9 Å². The molecule has 0 aliphatic carbocycles. The number of benzene rings is 12. The van der Waals surface area contributed by atoms with Crippen molar-refractivity contribution in [1.29, 1.82) is 0 Å². The van der Waals surface area contributed by atoms with Crippen LogP contribution < -0.4 is 0 Å². The van der Waals surface area contributed by atoms with Gasteiger partial charge >= 0.3 is 0 Å². The second-order valence-corrected chi connectivity index (χ2v) is 30.8. The summed E-state index contributed by atoms with van der Waals surface area (Å²) in [5, 5.41) is 12.8. The van der Waals surface area contributed by atoms with Crippen LogP contribution >= 0.6 is 0 Å². The predicted octanol–water partition coefficient (Wildman–Crippen LogP) is 29.8. The molecule has 15 heteroatoms. The van der Waals surface area contributed by atoms with Gasteiger partial charge in [0.05, 0.1) is 16.9 Å². The summed E-state index contributed by atoms with van der Waals surface area (Å²) < 4.78 is 12.2. The number of pyridine rings is 7. The molecule has 0 fully saturated rings. The summed E-state index contributed by atoms with van der Waals surface area (Å²) >= 11 is 0. The number of furan rings is 2. The Hall–Kier alpha value is -13.9. The van der Waals surface area contributed by atoms with E-state index in [-0.39, 0.29) is 92.0 Å². The zero-order chi connectivity index (χ0) is 90.3. The van der Waals surface area contributed by atoms with Crippen LogP contribution in [0.5, 0.6) is 0 Å². The molecule has 12 aromatic carbocycles. The Bertz CT molecular complexity index is 7140. The van der Waals surface area contributed by atoms with E-state index >= 15 is 0 Å². The van der Waals surface area contributed by atoms with Gasteiger partial charge in [0.1, 0.15) is 11.2 Å². The summed E-state index contributed by atoms with van der Waals surface area (Å²) in [5.41, 5.74) is 32.7. The Kier molecular flexibility index (Phi) is 39.5. The minimum atomic E-state index is -0.125. The predicted molar refractivity (Wildman–Crippen MR) is 531 cm³/mol. The second kappa shape index (κ2) is 51.8. The van der Waals surface area contributed by atoms with Gasteiger partial charge in [0, 0.05) is 146 Å². The van der Waals surface area contributed by atoms with E-state index in [2.05, 4.69) is 239 Å². The van der Waals surface area contributed by atoms with E-state index in [4.69, 9.17) is 13.9 Å². The molecule has 0 saturated carbocycles. The molecule has 1 N–H and O–H groups in total. The maximum Gasteiger partial charge on any atom is 0.155 e. The Morgan fingerprint density at radius 2 is 0.687 bits per heavy atom. The van der Waals surface area contributed by atoms with Crippen LogP contribution in [0.3, 0.4) is 0 Å². The van der Waals surface area contributed by atoms with Gasteiger partial charge in [0.15, 0.2) is 5.78 Å². The number of aliphatic hydroxyl groups is 1. The average Bonchev–Trinajstić information content (AvgIpc) is 1.62. The maximum atomic E-state index is 10.0. The molecular formula is C119H94Ir4N7O4-7. The Balaban J connectivity index is 0.000000161. The first-order valence-corrected chi connectivity index (χ1v) is 42.7.